The van der Waals surface area contributed by atoms with E-state index in [1.165, 1.54) is 5.56 Å². The van der Waals surface area contributed by atoms with Gasteiger partial charge in [0.05, 0.1) is 22.1 Å². The number of rotatable bonds is 2. The van der Waals surface area contributed by atoms with E-state index in [0.29, 0.717) is 0 Å². The third-order valence-corrected chi connectivity index (χ3v) is 5.55. The van der Waals surface area contributed by atoms with Crippen molar-refractivity contribution in [2.45, 2.75) is 6.92 Å². The Labute approximate surface area is 173 Å². The molecule has 4 nitrogen and oxygen atoms in total. The van der Waals surface area contributed by atoms with Crippen LogP contribution >= 0.6 is 0 Å². The second kappa shape index (κ2) is 6.49. The topological polar surface area (TPSA) is 43.6 Å². The zero-order valence-corrected chi connectivity index (χ0v) is 16.4. The standard InChI is InChI=1S/C26H18N4/c1-17-11-13-18(14-12-17)26-29-24-20-9-5-15-27-22(20)23-21(10-6-16-28-23)25(24)30(26)19-7-3-2-4-8-19/h2-16H,1H3. The molecule has 0 N–H and O–H groups in total. The Hall–Kier alpha value is -4.05. The summed E-state index contributed by atoms with van der Waals surface area (Å²) in [5, 5.41) is 2.06. The molecule has 0 radical (unpaired) electrons. The monoisotopic (exact) mass is 386 g/mol. The van der Waals surface area contributed by atoms with Gasteiger partial charge in [0.1, 0.15) is 5.82 Å². The van der Waals surface area contributed by atoms with Gasteiger partial charge in [-0.05, 0) is 43.3 Å². The molecule has 0 unspecified atom stereocenters. The summed E-state index contributed by atoms with van der Waals surface area (Å²) in [6.45, 7) is 2.10. The highest BCUT2D eigenvalue weighted by atomic mass is 15.1. The van der Waals surface area contributed by atoms with Crippen molar-refractivity contribution in [2.75, 3.05) is 0 Å². The zero-order valence-electron chi connectivity index (χ0n) is 16.4. The lowest BCUT2D eigenvalue weighted by molar-refractivity contribution is 1.10. The van der Waals surface area contributed by atoms with Crippen LogP contribution in [0, 0.1) is 6.92 Å². The minimum absolute atomic E-state index is 0.883. The van der Waals surface area contributed by atoms with Crippen molar-refractivity contribution in [2.24, 2.45) is 0 Å². The lowest BCUT2D eigenvalue weighted by Crippen LogP contribution is -1.98. The van der Waals surface area contributed by atoms with E-state index in [9.17, 15) is 0 Å². The molecule has 142 valence electrons. The van der Waals surface area contributed by atoms with E-state index < -0.39 is 0 Å². The maximum Gasteiger partial charge on any atom is 0.145 e. The summed E-state index contributed by atoms with van der Waals surface area (Å²) < 4.78 is 2.25. The first-order chi connectivity index (χ1) is 14.8. The van der Waals surface area contributed by atoms with E-state index in [0.717, 1.165) is 49.9 Å². The number of nitrogens with zero attached hydrogens (tertiary/aromatic N) is 4. The summed E-state index contributed by atoms with van der Waals surface area (Å²) >= 11 is 0. The quantitative estimate of drug-likeness (QED) is 0.338. The van der Waals surface area contributed by atoms with Gasteiger partial charge >= 0.3 is 0 Å². The zero-order chi connectivity index (χ0) is 20.1. The number of hydrogen-bond donors (Lipinski definition) is 0. The lowest BCUT2D eigenvalue weighted by Gasteiger charge is -2.11. The molecule has 0 aliphatic rings. The molecule has 0 saturated heterocycles. The van der Waals surface area contributed by atoms with Crippen LogP contribution in [-0.4, -0.2) is 19.5 Å². The number of fused-ring (bicyclic) bond motifs is 6. The third kappa shape index (κ3) is 2.44. The number of aryl methyl sites for hydroxylation is 1. The average molecular weight is 386 g/mol. The molecule has 6 rings (SSSR count). The van der Waals surface area contributed by atoms with Crippen molar-refractivity contribution < 1.29 is 0 Å². The first-order valence-corrected chi connectivity index (χ1v) is 9.97. The van der Waals surface area contributed by atoms with Gasteiger partial charge in [-0.1, -0.05) is 48.0 Å². The van der Waals surface area contributed by atoms with Crippen LogP contribution in [0.4, 0.5) is 0 Å². The van der Waals surface area contributed by atoms with Crippen LogP contribution in [0.3, 0.4) is 0 Å². The number of aromatic nitrogens is 4. The molecule has 30 heavy (non-hydrogen) atoms. The molecule has 3 aromatic heterocycles. The summed E-state index contributed by atoms with van der Waals surface area (Å²) in [4.78, 5) is 14.5. The van der Waals surface area contributed by atoms with Crippen LogP contribution in [-0.2, 0) is 0 Å². The van der Waals surface area contributed by atoms with Gasteiger partial charge in [-0.15, -0.1) is 0 Å². The van der Waals surface area contributed by atoms with Crippen LogP contribution in [0.5, 0.6) is 0 Å². The van der Waals surface area contributed by atoms with Crippen molar-refractivity contribution in [3.8, 4) is 17.1 Å². The molecule has 0 saturated carbocycles. The van der Waals surface area contributed by atoms with Gasteiger partial charge < -0.3 is 0 Å². The number of benzene rings is 3. The predicted molar refractivity (Wildman–Crippen MR) is 122 cm³/mol. The minimum Gasteiger partial charge on any atom is -0.292 e. The van der Waals surface area contributed by atoms with Crippen LogP contribution in [0.2, 0.25) is 0 Å². The van der Waals surface area contributed by atoms with Gasteiger partial charge in [0.25, 0.3) is 0 Å². The van der Waals surface area contributed by atoms with E-state index in [-0.39, 0.29) is 0 Å². The SMILES string of the molecule is Cc1ccc(-c2nc3c4cccnc4c4ncccc4c3n2-c2ccccc2)cc1. The highest BCUT2D eigenvalue weighted by Gasteiger charge is 2.20. The number of para-hydroxylation sites is 1. The number of pyridine rings is 2. The molecule has 0 fully saturated rings. The largest absolute Gasteiger partial charge is 0.292 e. The number of imidazole rings is 1. The highest BCUT2D eigenvalue weighted by molar-refractivity contribution is 6.21. The van der Waals surface area contributed by atoms with Crippen LogP contribution in [0.1, 0.15) is 5.56 Å². The molecule has 0 aliphatic carbocycles. The first-order valence-electron chi connectivity index (χ1n) is 9.97. The fourth-order valence-electron chi connectivity index (χ4n) is 4.15. The van der Waals surface area contributed by atoms with Crippen LogP contribution in [0.25, 0.3) is 49.9 Å². The molecule has 0 atom stereocenters. The molecular formula is C26H18N4. The van der Waals surface area contributed by atoms with Crippen molar-refractivity contribution in [1.82, 2.24) is 19.5 Å². The smallest absolute Gasteiger partial charge is 0.145 e. The maximum atomic E-state index is 5.16. The summed E-state index contributed by atoms with van der Waals surface area (Å²) in [5.74, 6) is 0.915. The minimum atomic E-state index is 0.883. The van der Waals surface area contributed by atoms with Gasteiger partial charge in [-0.25, -0.2) is 4.98 Å². The Kier molecular flexibility index (Phi) is 3.65. The van der Waals surface area contributed by atoms with Crippen molar-refractivity contribution in [3.05, 3.63) is 96.8 Å². The van der Waals surface area contributed by atoms with Crippen molar-refractivity contribution in [3.63, 3.8) is 0 Å². The Bertz CT molecular complexity index is 1530. The third-order valence-electron chi connectivity index (χ3n) is 5.55. The molecule has 6 aromatic rings. The van der Waals surface area contributed by atoms with Crippen molar-refractivity contribution in [1.29, 1.82) is 0 Å². The van der Waals surface area contributed by atoms with E-state index in [4.69, 9.17) is 4.98 Å². The molecular weight excluding hydrogens is 368 g/mol. The van der Waals surface area contributed by atoms with Gasteiger partial charge in [0.2, 0.25) is 0 Å². The molecule has 4 heteroatoms. The van der Waals surface area contributed by atoms with E-state index in [2.05, 4.69) is 82.1 Å². The second-order valence-corrected chi connectivity index (χ2v) is 7.47. The maximum absolute atomic E-state index is 5.16. The van der Waals surface area contributed by atoms with E-state index in [1.807, 2.05) is 30.6 Å². The predicted octanol–water partition coefficient (Wildman–Crippen LogP) is 6.10. The Morgan fingerprint density at radius 3 is 2.03 bits per heavy atom. The summed E-state index contributed by atoms with van der Waals surface area (Å²) in [6, 6.07) is 27.1. The van der Waals surface area contributed by atoms with Crippen molar-refractivity contribution >= 4 is 32.8 Å². The first kappa shape index (κ1) is 16.9. The fraction of sp³-hybridized carbons (Fsp3) is 0.0385. The number of hydrogen-bond acceptors (Lipinski definition) is 3. The molecule has 0 spiro atoms. The van der Waals surface area contributed by atoms with Gasteiger partial charge in [0.15, 0.2) is 0 Å². The Balaban J connectivity index is 1.87. The van der Waals surface area contributed by atoms with Gasteiger partial charge in [-0.2, -0.15) is 0 Å². The summed E-state index contributed by atoms with van der Waals surface area (Å²) in [5.41, 5.74) is 7.16. The second-order valence-electron chi connectivity index (χ2n) is 7.47. The molecule has 0 amide bonds. The molecule has 0 bridgehead atoms. The summed E-state index contributed by atoms with van der Waals surface area (Å²) in [7, 11) is 0. The van der Waals surface area contributed by atoms with E-state index in [1.54, 1.807) is 0 Å². The Morgan fingerprint density at radius 2 is 1.30 bits per heavy atom. The average Bonchev–Trinajstić information content (AvgIpc) is 3.21. The normalized spacial score (nSPS) is 11.5. The van der Waals surface area contributed by atoms with E-state index >= 15 is 0 Å². The highest BCUT2D eigenvalue weighted by Crippen LogP contribution is 2.37. The lowest BCUT2D eigenvalue weighted by atomic mass is 10.1. The van der Waals surface area contributed by atoms with Crippen LogP contribution in [0.15, 0.2) is 91.3 Å². The Morgan fingerprint density at radius 1 is 0.633 bits per heavy atom. The fourth-order valence-corrected chi connectivity index (χ4v) is 4.15. The van der Waals surface area contributed by atoms with Gasteiger partial charge in [-0.3, -0.25) is 14.5 Å². The molecule has 3 aromatic carbocycles. The van der Waals surface area contributed by atoms with Crippen LogP contribution < -0.4 is 0 Å². The summed E-state index contributed by atoms with van der Waals surface area (Å²) in [6.07, 6.45) is 3.64. The molecule has 0 aliphatic heterocycles. The van der Waals surface area contributed by atoms with Gasteiger partial charge in [0, 0.05) is 34.4 Å². The molecule has 3 heterocycles.